The van der Waals surface area contributed by atoms with Crippen LogP contribution < -0.4 is 4.74 Å². The van der Waals surface area contributed by atoms with Gasteiger partial charge in [0, 0.05) is 44.9 Å². The molecule has 0 saturated heterocycles. The molecule has 1 N–H and O–H groups in total. The predicted molar refractivity (Wildman–Crippen MR) is 182 cm³/mol. The number of carboxylic acid groups (broad SMARTS) is 1. The highest BCUT2D eigenvalue weighted by atomic mass is 19.4. The van der Waals surface area contributed by atoms with Crippen LogP contribution in [0.4, 0.5) is 27.2 Å². The molecular weight excluding hydrogens is 674 g/mol. The summed E-state index contributed by atoms with van der Waals surface area (Å²) < 4.78 is 68.9. The second-order valence-corrected chi connectivity index (χ2v) is 12.8. The van der Waals surface area contributed by atoms with Crippen molar-refractivity contribution in [2.75, 3.05) is 33.8 Å². The number of amides is 2. The van der Waals surface area contributed by atoms with Crippen molar-refractivity contribution in [2.24, 2.45) is 0 Å². The minimum Gasteiger partial charge on any atom is -0.476 e. The number of alkyl halides is 3. The van der Waals surface area contributed by atoms with Gasteiger partial charge in [0.2, 0.25) is 17.7 Å². The molecule has 0 unspecified atom stereocenters. The number of halogens is 4. The Balaban J connectivity index is 1.66. The Hall–Kier alpha value is -5.47. The predicted octanol–water partition coefficient (Wildman–Crippen LogP) is 7.49. The average Bonchev–Trinajstić information content (AvgIpc) is 3.39. The molecule has 0 bridgehead atoms. The second-order valence-electron chi connectivity index (χ2n) is 12.8. The van der Waals surface area contributed by atoms with E-state index in [-0.39, 0.29) is 76.6 Å². The van der Waals surface area contributed by atoms with Gasteiger partial charge in [-0.3, -0.25) is 4.79 Å². The first-order chi connectivity index (χ1) is 23.9. The summed E-state index contributed by atoms with van der Waals surface area (Å²) in [6.07, 6.45) is -6.12. The van der Waals surface area contributed by atoms with Crippen LogP contribution in [0.1, 0.15) is 56.7 Å². The molecule has 0 aliphatic rings. The van der Waals surface area contributed by atoms with Gasteiger partial charge in [-0.05, 0) is 67.7 Å². The van der Waals surface area contributed by atoms with Gasteiger partial charge in [-0.25, -0.2) is 14.6 Å². The molecule has 0 fully saturated rings. The van der Waals surface area contributed by atoms with E-state index in [1.54, 1.807) is 53.1 Å². The summed E-state index contributed by atoms with van der Waals surface area (Å²) in [7, 11) is 3.29. The van der Waals surface area contributed by atoms with Crippen LogP contribution in [0.5, 0.6) is 5.88 Å². The number of carbonyl (C=O) groups is 3. The lowest BCUT2D eigenvalue weighted by Crippen LogP contribution is -2.40. The van der Waals surface area contributed by atoms with Crippen molar-refractivity contribution >= 4 is 40.1 Å². The summed E-state index contributed by atoms with van der Waals surface area (Å²) in [4.78, 5) is 43.7. The van der Waals surface area contributed by atoms with Crippen LogP contribution in [0.15, 0.2) is 66.9 Å². The molecule has 51 heavy (non-hydrogen) atoms. The van der Waals surface area contributed by atoms with Gasteiger partial charge in [-0.1, -0.05) is 36.4 Å². The Bertz CT molecular complexity index is 1880. The van der Waals surface area contributed by atoms with E-state index >= 15 is 0 Å². The zero-order valence-electron chi connectivity index (χ0n) is 28.8. The van der Waals surface area contributed by atoms with Crippen molar-refractivity contribution in [1.82, 2.24) is 24.6 Å². The topological polar surface area (TPSA) is 127 Å². The Labute approximate surface area is 292 Å². The first-order valence-corrected chi connectivity index (χ1v) is 16.0. The quantitative estimate of drug-likeness (QED) is 0.118. The molecule has 0 spiro atoms. The van der Waals surface area contributed by atoms with Crippen LogP contribution >= 0.6 is 0 Å². The van der Waals surface area contributed by atoms with E-state index in [0.717, 1.165) is 0 Å². The van der Waals surface area contributed by atoms with E-state index in [4.69, 9.17) is 9.47 Å². The molecule has 0 aliphatic heterocycles. The summed E-state index contributed by atoms with van der Waals surface area (Å²) in [6.45, 7) is 5.52. The number of benzene rings is 2. The van der Waals surface area contributed by atoms with Crippen LogP contribution in [-0.4, -0.2) is 93.3 Å². The molecule has 2 aromatic carbocycles. The van der Waals surface area contributed by atoms with Crippen molar-refractivity contribution < 1.29 is 46.5 Å². The highest BCUT2D eigenvalue weighted by molar-refractivity contribution is 6.01. The maximum atomic E-state index is 14.8. The number of hydrogen-bond acceptors (Lipinski definition) is 7. The van der Waals surface area contributed by atoms with E-state index < -0.39 is 36.3 Å². The lowest BCUT2D eigenvalue weighted by Gasteiger charge is -2.27. The number of ether oxygens (including phenoxy) is 2. The molecule has 0 saturated carbocycles. The molecule has 15 heteroatoms. The molecule has 272 valence electrons. The number of aromatic nitrogens is 3. The third-order valence-electron chi connectivity index (χ3n) is 7.51. The number of hydrogen-bond donors (Lipinski definition) is 1. The second kappa shape index (κ2) is 16.0. The van der Waals surface area contributed by atoms with Gasteiger partial charge in [0.05, 0.1) is 23.9 Å². The number of allylic oxidation sites excluding steroid dienone is 1. The largest absolute Gasteiger partial charge is 0.476 e. The van der Waals surface area contributed by atoms with Crippen molar-refractivity contribution in [3.8, 4) is 5.88 Å². The maximum Gasteiger partial charge on any atom is 0.432 e. The normalized spacial score (nSPS) is 12.3. The smallest absolute Gasteiger partial charge is 0.432 e. The first-order valence-electron chi connectivity index (χ1n) is 16.0. The number of pyridine rings is 1. The highest BCUT2D eigenvalue weighted by Crippen LogP contribution is 2.40. The van der Waals surface area contributed by atoms with E-state index in [1.807, 2.05) is 0 Å². The van der Waals surface area contributed by atoms with Gasteiger partial charge in [0.25, 0.3) is 0 Å². The summed E-state index contributed by atoms with van der Waals surface area (Å²) in [5.74, 6) is -1.07. The SMILES string of the molecule is CN(C)C(=O)CCCN(CCOc1ccc(/C(=C(/CC(F)(F)F)c2ccccc2)c2ccc3c(c2)c(F)nn3C(=O)O)cn1)C(=O)OC(C)(C)C. The van der Waals surface area contributed by atoms with Gasteiger partial charge < -0.3 is 24.4 Å². The Morgan fingerprint density at radius 3 is 2.20 bits per heavy atom. The van der Waals surface area contributed by atoms with Crippen LogP contribution in [-0.2, 0) is 9.53 Å². The molecule has 4 rings (SSSR count). The van der Waals surface area contributed by atoms with Crippen molar-refractivity contribution in [3.63, 3.8) is 0 Å². The monoisotopic (exact) mass is 713 g/mol. The van der Waals surface area contributed by atoms with Gasteiger partial charge >= 0.3 is 18.4 Å². The van der Waals surface area contributed by atoms with Gasteiger partial charge in [-0.15, -0.1) is 5.10 Å². The van der Waals surface area contributed by atoms with Gasteiger partial charge in [-0.2, -0.15) is 22.2 Å². The maximum absolute atomic E-state index is 14.8. The molecular formula is C36H39F4N5O6. The minimum absolute atomic E-state index is 0.0111. The van der Waals surface area contributed by atoms with Crippen molar-refractivity contribution in [1.29, 1.82) is 0 Å². The summed E-state index contributed by atoms with van der Waals surface area (Å²) in [5.41, 5.74) is -0.179. The Kier molecular flexibility index (Phi) is 12.1. The van der Waals surface area contributed by atoms with E-state index in [1.165, 1.54) is 58.5 Å². The van der Waals surface area contributed by atoms with Crippen LogP contribution in [0.3, 0.4) is 0 Å². The number of fused-ring (bicyclic) bond motifs is 1. The van der Waals surface area contributed by atoms with Crippen molar-refractivity contribution in [2.45, 2.75) is 51.8 Å². The third-order valence-corrected chi connectivity index (χ3v) is 7.51. The third kappa shape index (κ3) is 10.5. The molecule has 2 aromatic heterocycles. The molecule has 0 radical (unpaired) electrons. The number of carbonyl (C=O) groups excluding carboxylic acids is 2. The van der Waals surface area contributed by atoms with Crippen molar-refractivity contribution in [3.05, 3.63) is 89.5 Å². The summed E-state index contributed by atoms with van der Waals surface area (Å²) >= 11 is 0. The summed E-state index contributed by atoms with van der Waals surface area (Å²) in [5, 5.41) is 12.6. The van der Waals surface area contributed by atoms with E-state index in [0.29, 0.717) is 11.1 Å². The number of rotatable bonds is 12. The fraction of sp³-hybridized carbons (Fsp3) is 0.361. The Morgan fingerprint density at radius 2 is 1.61 bits per heavy atom. The fourth-order valence-electron chi connectivity index (χ4n) is 5.21. The summed E-state index contributed by atoms with van der Waals surface area (Å²) in [6, 6.07) is 14.8. The first kappa shape index (κ1) is 38.3. The molecule has 11 nitrogen and oxygen atoms in total. The van der Waals surface area contributed by atoms with Crippen LogP contribution in [0, 0.1) is 5.95 Å². The van der Waals surface area contributed by atoms with Crippen LogP contribution in [0.2, 0.25) is 0 Å². The van der Waals surface area contributed by atoms with Crippen LogP contribution in [0.25, 0.3) is 22.0 Å². The minimum atomic E-state index is -4.63. The standard InChI is InChI=1S/C36H39F4N5O6/c1-35(2,3)51-34(49)44(17-9-12-30(46)43(4)5)18-19-50-29-16-14-25(22-41-29)31(27(21-36(38,39)40)23-10-7-6-8-11-23)24-13-15-28-26(20-24)32(37)42-45(28)33(47)48/h6-8,10-11,13-16,20,22H,9,12,17-19,21H2,1-5H3,(H,47,48)/b31-27-. The van der Waals surface area contributed by atoms with Gasteiger partial charge in [0.1, 0.15) is 12.2 Å². The fourth-order valence-corrected chi connectivity index (χ4v) is 5.21. The van der Waals surface area contributed by atoms with E-state index in [2.05, 4.69) is 10.1 Å². The zero-order chi connectivity index (χ0) is 37.5. The molecule has 2 heterocycles. The molecule has 0 atom stereocenters. The molecule has 2 amide bonds. The van der Waals surface area contributed by atoms with Gasteiger partial charge in [0.15, 0.2) is 0 Å². The molecule has 4 aromatic rings. The number of nitrogens with zero attached hydrogens (tertiary/aromatic N) is 5. The van der Waals surface area contributed by atoms with E-state index in [9.17, 15) is 37.1 Å². The molecule has 0 aliphatic carbocycles. The lowest BCUT2D eigenvalue weighted by molar-refractivity contribution is -0.129. The highest BCUT2D eigenvalue weighted by Gasteiger charge is 2.32. The zero-order valence-corrected chi connectivity index (χ0v) is 28.8. The lowest BCUT2D eigenvalue weighted by atomic mass is 9.88. The Morgan fingerprint density at radius 1 is 0.922 bits per heavy atom. The average molecular weight is 714 g/mol.